The molecule has 0 aliphatic heterocycles. The Balaban J connectivity index is 2.22. The highest BCUT2D eigenvalue weighted by atomic mass is 79.9. The van der Waals surface area contributed by atoms with Gasteiger partial charge in [-0.1, -0.05) is 12.1 Å². The van der Waals surface area contributed by atoms with E-state index in [4.69, 9.17) is 0 Å². The quantitative estimate of drug-likeness (QED) is 0.652. The number of para-hydroxylation sites is 1. The lowest BCUT2D eigenvalue weighted by Gasteiger charge is -2.09. The largest absolute Gasteiger partial charge is 0.229 e. The van der Waals surface area contributed by atoms with Crippen LogP contribution in [0.3, 0.4) is 0 Å². The molecule has 0 saturated heterocycles. The van der Waals surface area contributed by atoms with Crippen LogP contribution in [0.15, 0.2) is 53.1 Å². The second kappa shape index (κ2) is 5.37. The predicted octanol–water partition coefficient (Wildman–Crippen LogP) is 4.72. The highest BCUT2D eigenvalue weighted by molar-refractivity contribution is 9.10. The van der Waals surface area contributed by atoms with Crippen LogP contribution in [-0.4, -0.2) is 9.78 Å². The van der Waals surface area contributed by atoms with Gasteiger partial charge in [-0.2, -0.15) is 5.10 Å². The summed E-state index contributed by atoms with van der Waals surface area (Å²) in [5.74, 6) is -2.37. The van der Waals surface area contributed by atoms with Gasteiger partial charge in [0.15, 0.2) is 11.6 Å². The molecule has 0 aliphatic carbocycles. The Kier molecular flexibility index (Phi) is 3.55. The van der Waals surface area contributed by atoms with Gasteiger partial charge in [0.05, 0.1) is 16.4 Å². The van der Waals surface area contributed by atoms with Crippen LogP contribution < -0.4 is 0 Å². The van der Waals surface area contributed by atoms with E-state index in [9.17, 15) is 13.2 Å². The molecule has 0 N–H and O–H groups in total. The molecule has 0 fully saturated rings. The normalized spacial score (nSPS) is 10.9. The Morgan fingerprint density at radius 3 is 2.38 bits per heavy atom. The van der Waals surface area contributed by atoms with Crippen molar-refractivity contribution in [1.29, 1.82) is 0 Å². The van der Waals surface area contributed by atoms with E-state index < -0.39 is 17.5 Å². The van der Waals surface area contributed by atoms with E-state index in [1.54, 1.807) is 18.2 Å². The monoisotopic (exact) mass is 352 g/mol. The molecule has 2 aromatic carbocycles. The van der Waals surface area contributed by atoms with Gasteiger partial charge in [0.2, 0.25) is 0 Å². The van der Waals surface area contributed by atoms with Crippen molar-refractivity contribution in [2.75, 3.05) is 0 Å². The highest BCUT2D eigenvalue weighted by Gasteiger charge is 2.16. The summed E-state index contributed by atoms with van der Waals surface area (Å²) in [5.41, 5.74) is 1.06. The molecule has 0 radical (unpaired) electrons. The lowest BCUT2D eigenvalue weighted by Crippen LogP contribution is -2.02. The number of nitrogens with zero attached hydrogens (tertiary/aromatic N) is 2. The number of halogens is 4. The van der Waals surface area contributed by atoms with Crippen molar-refractivity contribution < 1.29 is 13.2 Å². The van der Waals surface area contributed by atoms with Crippen molar-refractivity contribution in [3.05, 3.63) is 70.6 Å². The van der Waals surface area contributed by atoms with Crippen LogP contribution in [0.1, 0.15) is 0 Å². The maximum absolute atomic E-state index is 13.9. The van der Waals surface area contributed by atoms with Crippen LogP contribution in [0.4, 0.5) is 13.2 Å². The lowest BCUT2D eigenvalue weighted by atomic mass is 10.1. The third-order valence-electron chi connectivity index (χ3n) is 3.00. The Bertz CT molecular complexity index is 814. The number of benzene rings is 2. The maximum Gasteiger partial charge on any atom is 0.159 e. The van der Waals surface area contributed by atoms with E-state index in [0.717, 1.165) is 12.1 Å². The van der Waals surface area contributed by atoms with Gasteiger partial charge in [-0.25, -0.2) is 17.9 Å². The molecule has 0 atom stereocenters. The van der Waals surface area contributed by atoms with Crippen LogP contribution in [0, 0.1) is 17.5 Å². The van der Waals surface area contributed by atoms with Crippen molar-refractivity contribution in [3.63, 3.8) is 0 Å². The molecule has 21 heavy (non-hydrogen) atoms. The van der Waals surface area contributed by atoms with Crippen molar-refractivity contribution in [1.82, 2.24) is 9.78 Å². The van der Waals surface area contributed by atoms with Crippen LogP contribution in [-0.2, 0) is 0 Å². The molecule has 3 aromatic rings. The van der Waals surface area contributed by atoms with E-state index in [0.29, 0.717) is 15.7 Å². The van der Waals surface area contributed by atoms with Gasteiger partial charge >= 0.3 is 0 Å². The fourth-order valence-electron chi connectivity index (χ4n) is 2.04. The molecule has 0 amide bonds. The summed E-state index contributed by atoms with van der Waals surface area (Å²) in [6.07, 6.45) is 1.48. The van der Waals surface area contributed by atoms with Crippen molar-refractivity contribution in [2.24, 2.45) is 0 Å². The van der Waals surface area contributed by atoms with Crippen LogP contribution >= 0.6 is 15.9 Å². The van der Waals surface area contributed by atoms with Gasteiger partial charge in [-0.05, 0) is 46.3 Å². The number of rotatable bonds is 2. The minimum atomic E-state index is -0.972. The number of hydrogen-bond acceptors (Lipinski definition) is 1. The Morgan fingerprint density at radius 1 is 0.905 bits per heavy atom. The summed E-state index contributed by atoms with van der Waals surface area (Å²) < 4.78 is 42.3. The molecule has 0 spiro atoms. The van der Waals surface area contributed by atoms with Gasteiger partial charge < -0.3 is 0 Å². The van der Waals surface area contributed by atoms with Crippen molar-refractivity contribution in [3.8, 4) is 16.9 Å². The fourth-order valence-corrected chi connectivity index (χ4v) is 2.53. The predicted molar refractivity (Wildman–Crippen MR) is 76.6 cm³/mol. The zero-order chi connectivity index (χ0) is 15.0. The molecular formula is C15H8BrF3N2. The third kappa shape index (κ3) is 2.47. The average Bonchev–Trinajstić information content (AvgIpc) is 2.84. The van der Waals surface area contributed by atoms with Gasteiger partial charge in [0.1, 0.15) is 11.5 Å². The standard InChI is InChI=1S/C15H8BrF3N2/c16-10-8-20-21(14-4-2-1-3-12(14)18)15(10)9-5-6-11(17)13(19)7-9/h1-8H. The molecule has 0 bridgehead atoms. The third-order valence-corrected chi connectivity index (χ3v) is 3.58. The Hall–Kier alpha value is -2.08. The topological polar surface area (TPSA) is 17.8 Å². The van der Waals surface area contributed by atoms with E-state index >= 15 is 0 Å². The van der Waals surface area contributed by atoms with Crippen LogP contribution in [0.5, 0.6) is 0 Å². The number of aromatic nitrogens is 2. The molecule has 1 heterocycles. The molecule has 0 saturated carbocycles. The van der Waals surface area contributed by atoms with E-state index in [1.807, 2.05) is 0 Å². The second-order valence-corrected chi connectivity index (χ2v) is 5.19. The summed E-state index contributed by atoms with van der Waals surface area (Å²) in [6.45, 7) is 0. The van der Waals surface area contributed by atoms with Gasteiger partial charge in [-0.3, -0.25) is 0 Å². The first-order valence-corrected chi connectivity index (χ1v) is 6.81. The molecule has 0 aliphatic rings. The summed E-state index contributed by atoms with van der Waals surface area (Å²) in [4.78, 5) is 0. The minimum absolute atomic E-state index is 0.225. The minimum Gasteiger partial charge on any atom is -0.229 e. The number of hydrogen-bond donors (Lipinski definition) is 0. The molecular weight excluding hydrogens is 345 g/mol. The molecule has 0 unspecified atom stereocenters. The maximum atomic E-state index is 13.9. The molecule has 1 aromatic heterocycles. The summed E-state index contributed by atoms with van der Waals surface area (Å²) in [7, 11) is 0. The summed E-state index contributed by atoms with van der Waals surface area (Å²) >= 11 is 3.30. The van der Waals surface area contributed by atoms with E-state index in [2.05, 4.69) is 21.0 Å². The first-order chi connectivity index (χ1) is 10.1. The van der Waals surface area contributed by atoms with E-state index in [-0.39, 0.29) is 5.69 Å². The average molecular weight is 353 g/mol. The zero-order valence-corrected chi connectivity index (χ0v) is 12.1. The van der Waals surface area contributed by atoms with Crippen molar-refractivity contribution >= 4 is 15.9 Å². The first-order valence-electron chi connectivity index (χ1n) is 6.02. The Morgan fingerprint density at radius 2 is 1.67 bits per heavy atom. The van der Waals surface area contributed by atoms with Gasteiger partial charge in [0.25, 0.3) is 0 Å². The van der Waals surface area contributed by atoms with Gasteiger partial charge in [-0.15, -0.1) is 0 Å². The van der Waals surface area contributed by atoms with Crippen molar-refractivity contribution in [2.45, 2.75) is 0 Å². The van der Waals surface area contributed by atoms with Crippen LogP contribution in [0.2, 0.25) is 0 Å². The molecule has 106 valence electrons. The second-order valence-electron chi connectivity index (χ2n) is 4.33. The molecule has 2 nitrogen and oxygen atoms in total. The highest BCUT2D eigenvalue weighted by Crippen LogP contribution is 2.31. The summed E-state index contributed by atoms with van der Waals surface area (Å²) in [5, 5.41) is 4.09. The Labute approximate surface area is 127 Å². The van der Waals surface area contributed by atoms with E-state index in [1.165, 1.54) is 23.0 Å². The van der Waals surface area contributed by atoms with Crippen LogP contribution in [0.25, 0.3) is 16.9 Å². The smallest absolute Gasteiger partial charge is 0.159 e. The zero-order valence-electron chi connectivity index (χ0n) is 10.5. The molecule has 3 rings (SSSR count). The SMILES string of the molecule is Fc1ccc(-c2c(Br)cnn2-c2ccccc2F)cc1F. The lowest BCUT2D eigenvalue weighted by molar-refractivity contribution is 0.509. The molecule has 6 heteroatoms. The summed E-state index contributed by atoms with van der Waals surface area (Å²) in [6, 6.07) is 9.58. The first kappa shape index (κ1) is 13.9. The fraction of sp³-hybridized carbons (Fsp3) is 0. The van der Waals surface area contributed by atoms with Gasteiger partial charge in [0, 0.05) is 5.56 Å².